The molecule has 0 aliphatic rings. The quantitative estimate of drug-likeness (QED) is 0.205. The van der Waals surface area contributed by atoms with Gasteiger partial charge in [0.1, 0.15) is 0 Å². The molecule has 0 spiro atoms. The van der Waals surface area contributed by atoms with Crippen LogP contribution < -0.4 is 0 Å². The molecule has 0 rings (SSSR count). The van der Waals surface area contributed by atoms with E-state index in [4.69, 9.17) is 0 Å². The number of unbranched alkanes of at least 4 members (excludes halogenated alkanes) is 11. The summed E-state index contributed by atoms with van der Waals surface area (Å²) in [5.41, 5.74) is 0. The van der Waals surface area contributed by atoms with Crippen molar-refractivity contribution in [2.45, 2.75) is 308 Å². The Morgan fingerprint density at radius 2 is 0.130 bits per heavy atom. The minimum absolute atomic E-state index is 0. The van der Waals surface area contributed by atoms with Gasteiger partial charge in [-0.15, -0.1) is 0 Å². The lowest BCUT2D eigenvalue weighted by Gasteiger charge is -1.68. The molecule has 0 saturated heterocycles. The highest BCUT2D eigenvalue weighted by Gasteiger charge is 1.60. The maximum atomic E-state index is 2.18. The van der Waals surface area contributed by atoms with Crippen LogP contribution >= 0.6 is 0 Å². The lowest BCUT2D eigenvalue weighted by molar-refractivity contribution is 0.886. The second-order valence-electron chi connectivity index (χ2n) is 11.0. The van der Waals surface area contributed by atoms with Crippen LogP contribution in [0.5, 0.6) is 0 Å². The molecule has 0 fully saturated rings. The van der Waals surface area contributed by atoms with E-state index in [1.165, 1.54) is 141 Å². The van der Waals surface area contributed by atoms with Crippen LogP contribution in [-0.4, -0.2) is 0 Å². The Hall–Kier alpha value is 0. The average Bonchev–Trinajstić information content (AvgIpc) is 3.12. The van der Waals surface area contributed by atoms with Crippen molar-refractivity contribution >= 4 is 0 Å². The molecule has 46 heavy (non-hydrogen) atoms. The van der Waals surface area contributed by atoms with E-state index < -0.39 is 0 Å². The normalized spacial score (nSPS) is 7.17. The van der Waals surface area contributed by atoms with E-state index in [-0.39, 0.29) is 14.9 Å². The first-order valence-corrected chi connectivity index (χ1v) is 21.1. The largest absolute Gasteiger partial charge is 0.0776 e. The summed E-state index contributed by atoms with van der Waals surface area (Å²) >= 11 is 0. The molecule has 0 aromatic rings. The van der Waals surface area contributed by atoms with Gasteiger partial charge in [0, 0.05) is 0 Å². The second kappa shape index (κ2) is 180. The van der Waals surface area contributed by atoms with Gasteiger partial charge in [-0.1, -0.05) is 308 Å². The summed E-state index contributed by atoms with van der Waals surface area (Å²) < 4.78 is 0. The molecule has 0 aromatic heterocycles. The molecule has 0 atom stereocenters. The summed E-state index contributed by atoms with van der Waals surface area (Å²) in [6.07, 6.45) is 29.0. The van der Waals surface area contributed by atoms with Crippen LogP contribution in [0.25, 0.3) is 0 Å². The zero-order chi connectivity index (χ0) is 37.6. The monoisotopic (exact) mass is 671 g/mol. The van der Waals surface area contributed by atoms with E-state index >= 15 is 0 Å². The SMILES string of the molecule is C.C.CCCC.CCCC.CCCC.CCCC.CCCC.CCCC.CCCC.CCCC.CCCC.CCCC.CCCC. The van der Waals surface area contributed by atoms with Gasteiger partial charge in [0.05, 0.1) is 0 Å². The van der Waals surface area contributed by atoms with Crippen molar-refractivity contribution in [2.75, 3.05) is 0 Å². The third kappa shape index (κ3) is 672. The van der Waals surface area contributed by atoms with Crippen LogP contribution in [-0.2, 0) is 0 Å². The van der Waals surface area contributed by atoms with Crippen molar-refractivity contribution in [3.8, 4) is 0 Å². The third-order valence-corrected chi connectivity index (χ3v) is 5.50. The zero-order valence-corrected chi connectivity index (χ0v) is 37.6. The zero-order valence-electron chi connectivity index (χ0n) is 37.6. The van der Waals surface area contributed by atoms with Gasteiger partial charge in [-0.2, -0.15) is 0 Å². The number of hydrogen-bond donors (Lipinski definition) is 0. The van der Waals surface area contributed by atoms with E-state index in [9.17, 15) is 0 Å². The molecule has 0 aromatic carbocycles. The fourth-order valence-electron chi connectivity index (χ4n) is 0. The fourth-order valence-corrected chi connectivity index (χ4v) is 0. The van der Waals surface area contributed by atoms with Crippen LogP contribution in [0.2, 0.25) is 0 Å². The van der Waals surface area contributed by atoms with E-state index in [0.717, 1.165) is 0 Å². The molecule has 0 bridgehead atoms. The standard InChI is InChI=1S/11C4H10.2CH4/c11*1-3-4-2;;/h11*3-4H2,1-2H3;2*1H4. The first-order valence-electron chi connectivity index (χ1n) is 21.1. The van der Waals surface area contributed by atoms with Crippen LogP contribution in [0.15, 0.2) is 0 Å². The van der Waals surface area contributed by atoms with E-state index in [2.05, 4.69) is 152 Å². The summed E-state index contributed by atoms with van der Waals surface area (Å²) in [7, 11) is 0. The molecule has 0 aliphatic heterocycles. The Labute approximate surface area is 307 Å². The maximum Gasteiger partial charge on any atom is -0.0564 e. The minimum atomic E-state index is 0. The van der Waals surface area contributed by atoms with Gasteiger partial charge >= 0.3 is 0 Å². The first-order chi connectivity index (χ1) is 21.1. The molecular formula is C46H118. The Bertz CT molecular complexity index is 98.1. The molecule has 0 heterocycles. The van der Waals surface area contributed by atoms with Crippen molar-refractivity contribution in [2.24, 2.45) is 0 Å². The van der Waals surface area contributed by atoms with Gasteiger partial charge in [0.25, 0.3) is 0 Å². The highest BCUT2D eigenvalue weighted by molar-refractivity contribution is 4.16. The Balaban J connectivity index is -0.0000000236. The smallest absolute Gasteiger partial charge is 0.0564 e. The van der Waals surface area contributed by atoms with Crippen molar-refractivity contribution < 1.29 is 0 Å². The first kappa shape index (κ1) is 85.5. The predicted molar refractivity (Wildman–Crippen MR) is 240 cm³/mol. The van der Waals surface area contributed by atoms with E-state index in [1.54, 1.807) is 0 Å². The number of rotatable bonds is 11. The van der Waals surface area contributed by atoms with Gasteiger partial charge in [-0.05, 0) is 0 Å². The van der Waals surface area contributed by atoms with Gasteiger partial charge in [-0.25, -0.2) is 0 Å². The van der Waals surface area contributed by atoms with Gasteiger partial charge in [0.15, 0.2) is 0 Å². The molecule has 0 radical (unpaired) electrons. The van der Waals surface area contributed by atoms with Crippen LogP contribution in [0.1, 0.15) is 308 Å². The maximum absolute atomic E-state index is 2.18. The topological polar surface area (TPSA) is 0 Å². The van der Waals surface area contributed by atoms with Crippen LogP contribution in [0.3, 0.4) is 0 Å². The lowest BCUT2D eigenvalue weighted by atomic mass is 10.4. The predicted octanol–water partition coefficient (Wildman–Crippen LogP) is 21.1. The molecule has 0 N–H and O–H groups in total. The average molecular weight is 671 g/mol. The lowest BCUT2D eigenvalue weighted by Crippen LogP contribution is -1.47. The summed E-state index contributed by atoms with van der Waals surface area (Å²) in [4.78, 5) is 0. The molecule has 0 amide bonds. The highest BCUT2D eigenvalue weighted by Crippen LogP contribution is 1.80. The van der Waals surface area contributed by atoms with Crippen LogP contribution in [0, 0.1) is 0 Å². The number of hydrogen-bond acceptors (Lipinski definition) is 0. The van der Waals surface area contributed by atoms with Crippen LogP contribution in [0.4, 0.5) is 0 Å². The summed E-state index contributed by atoms with van der Waals surface area (Å²) in [5, 5.41) is 0. The Kier molecular flexibility index (Phi) is 335. The van der Waals surface area contributed by atoms with Crippen molar-refractivity contribution in [3.05, 3.63) is 0 Å². The van der Waals surface area contributed by atoms with E-state index in [0.29, 0.717) is 0 Å². The third-order valence-electron chi connectivity index (χ3n) is 5.50. The molecule has 0 aliphatic carbocycles. The van der Waals surface area contributed by atoms with Gasteiger partial charge < -0.3 is 0 Å². The molecule has 0 nitrogen and oxygen atoms in total. The van der Waals surface area contributed by atoms with E-state index in [1.807, 2.05) is 0 Å². The molecule has 0 heteroatoms. The highest BCUT2D eigenvalue weighted by atomic mass is 13.7. The Morgan fingerprint density at radius 3 is 0.130 bits per heavy atom. The molecule has 302 valence electrons. The van der Waals surface area contributed by atoms with Crippen molar-refractivity contribution in [1.82, 2.24) is 0 Å². The second-order valence-corrected chi connectivity index (χ2v) is 11.0. The molecule has 0 saturated carbocycles. The fraction of sp³-hybridized carbons (Fsp3) is 1.00. The van der Waals surface area contributed by atoms with Crippen molar-refractivity contribution in [3.63, 3.8) is 0 Å². The van der Waals surface area contributed by atoms with Crippen molar-refractivity contribution in [1.29, 1.82) is 0 Å². The van der Waals surface area contributed by atoms with Gasteiger partial charge in [0.2, 0.25) is 0 Å². The summed E-state index contributed by atoms with van der Waals surface area (Å²) in [6.45, 7) is 48.0. The summed E-state index contributed by atoms with van der Waals surface area (Å²) in [6, 6.07) is 0. The van der Waals surface area contributed by atoms with Gasteiger partial charge in [-0.3, -0.25) is 0 Å². The Morgan fingerprint density at radius 1 is 0.109 bits per heavy atom. The minimum Gasteiger partial charge on any atom is -0.0776 e. The molecule has 0 unspecified atom stereocenters. The molecular weight excluding hydrogens is 553 g/mol. The summed E-state index contributed by atoms with van der Waals surface area (Å²) in [5.74, 6) is 0.